The van der Waals surface area contributed by atoms with E-state index in [0.717, 1.165) is 6.42 Å². The van der Waals surface area contributed by atoms with Crippen LogP contribution in [0.5, 0.6) is 5.75 Å². The standard InChI is InChI=1S/C10H14FNO/c1-2-9(12)7-13-10-5-3-8(11)4-6-10/h3-6,9H,2,7,12H2,1H3/t9-/m1/s1. The molecule has 1 rings (SSSR count). The van der Waals surface area contributed by atoms with Gasteiger partial charge in [-0.05, 0) is 30.7 Å². The summed E-state index contributed by atoms with van der Waals surface area (Å²) in [6.45, 7) is 2.47. The third kappa shape index (κ3) is 3.42. The van der Waals surface area contributed by atoms with Gasteiger partial charge in [-0.15, -0.1) is 0 Å². The predicted molar refractivity (Wildman–Crippen MR) is 50.2 cm³/mol. The van der Waals surface area contributed by atoms with Crippen molar-refractivity contribution >= 4 is 0 Å². The molecular weight excluding hydrogens is 169 g/mol. The summed E-state index contributed by atoms with van der Waals surface area (Å²) < 4.78 is 17.8. The first-order chi connectivity index (χ1) is 6.22. The number of ether oxygens (including phenoxy) is 1. The second kappa shape index (κ2) is 4.82. The van der Waals surface area contributed by atoms with E-state index in [0.29, 0.717) is 12.4 Å². The summed E-state index contributed by atoms with van der Waals surface area (Å²) >= 11 is 0. The van der Waals surface area contributed by atoms with Crippen molar-refractivity contribution < 1.29 is 9.13 Å². The molecule has 0 amide bonds. The first-order valence-electron chi connectivity index (χ1n) is 4.36. The summed E-state index contributed by atoms with van der Waals surface area (Å²) in [5.41, 5.74) is 5.65. The molecule has 0 bridgehead atoms. The van der Waals surface area contributed by atoms with Crippen LogP contribution < -0.4 is 10.5 Å². The van der Waals surface area contributed by atoms with Gasteiger partial charge in [0.1, 0.15) is 18.2 Å². The fourth-order valence-corrected chi connectivity index (χ4v) is 0.852. The molecule has 1 aromatic carbocycles. The normalized spacial score (nSPS) is 12.5. The van der Waals surface area contributed by atoms with Crippen molar-refractivity contribution in [3.63, 3.8) is 0 Å². The van der Waals surface area contributed by atoms with Gasteiger partial charge in [0.05, 0.1) is 0 Å². The van der Waals surface area contributed by atoms with E-state index in [1.807, 2.05) is 6.92 Å². The molecule has 13 heavy (non-hydrogen) atoms. The smallest absolute Gasteiger partial charge is 0.123 e. The average Bonchev–Trinajstić information content (AvgIpc) is 2.16. The molecule has 1 atom stereocenters. The Morgan fingerprint density at radius 3 is 2.54 bits per heavy atom. The van der Waals surface area contributed by atoms with Gasteiger partial charge in [-0.3, -0.25) is 0 Å². The fraction of sp³-hybridized carbons (Fsp3) is 0.400. The van der Waals surface area contributed by atoms with Gasteiger partial charge in [-0.25, -0.2) is 4.39 Å². The van der Waals surface area contributed by atoms with Gasteiger partial charge < -0.3 is 10.5 Å². The third-order valence-corrected chi connectivity index (χ3v) is 1.80. The highest BCUT2D eigenvalue weighted by Gasteiger charge is 2.00. The van der Waals surface area contributed by atoms with Crippen LogP contribution in [-0.2, 0) is 0 Å². The highest BCUT2D eigenvalue weighted by atomic mass is 19.1. The minimum absolute atomic E-state index is 0.0463. The highest BCUT2D eigenvalue weighted by Crippen LogP contribution is 2.11. The molecular formula is C10H14FNO. The second-order valence-corrected chi connectivity index (χ2v) is 2.93. The topological polar surface area (TPSA) is 35.2 Å². The van der Waals surface area contributed by atoms with Crippen molar-refractivity contribution in [1.82, 2.24) is 0 Å². The Kier molecular flexibility index (Phi) is 3.71. The summed E-state index contributed by atoms with van der Waals surface area (Å²) in [5.74, 6) is 0.400. The minimum atomic E-state index is -0.257. The Morgan fingerprint density at radius 1 is 1.38 bits per heavy atom. The van der Waals surface area contributed by atoms with Gasteiger partial charge in [0.25, 0.3) is 0 Å². The number of nitrogens with two attached hydrogens (primary N) is 1. The lowest BCUT2D eigenvalue weighted by Crippen LogP contribution is -2.26. The first-order valence-corrected chi connectivity index (χ1v) is 4.36. The van der Waals surface area contributed by atoms with Crippen molar-refractivity contribution in [2.75, 3.05) is 6.61 Å². The van der Waals surface area contributed by atoms with E-state index in [-0.39, 0.29) is 11.9 Å². The SMILES string of the molecule is CC[C@@H](N)COc1ccc(F)cc1. The van der Waals surface area contributed by atoms with E-state index in [4.69, 9.17) is 10.5 Å². The van der Waals surface area contributed by atoms with Crippen LogP contribution in [0.25, 0.3) is 0 Å². The Bertz CT molecular complexity index is 248. The van der Waals surface area contributed by atoms with Crippen LogP contribution in [0.1, 0.15) is 13.3 Å². The number of benzene rings is 1. The van der Waals surface area contributed by atoms with Crippen molar-refractivity contribution in [2.45, 2.75) is 19.4 Å². The number of hydrogen-bond acceptors (Lipinski definition) is 2. The maximum atomic E-state index is 12.5. The van der Waals surface area contributed by atoms with E-state index in [1.165, 1.54) is 12.1 Å². The number of halogens is 1. The predicted octanol–water partition coefficient (Wildman–Crippen LogP) is 1.94. The lowest BCUT2D eigenvalue weighted by atomic mass is 10.2. The van der Waals surface area contributed by atoms with E-state index in [9.17, 15) is 4.39 Å². The van der Waals surface area contributed by atoms with E-state index < -0.39 is 0 Å². The van der Waals surface area contributed by atoms with Gasteiger partial charge in [-0.1, -0.05) is 6.92 Å². The van der Waals surface area contributed by atoms with Crippen LogP contribution in [0.4, 0.5) is 4.39 Å². The molecule has 0 radical (unpaired) electrons. The molecule has 0 aliphatic carbocycles. The van der Waals surface area contributed by atoms with Crippen LogP contribution >= 0.6 is 0 Å². The molecule has 2 N–H and O–H groups in total. The number of rotatable bonds is 4. The highest BCUT2D eigenvalue weighted by molar-refractivity contribution is 5.22. The Balaban J connectivity index is 2.41. The maximum Gasteiger partial charge on any atom is 0.123 e. The molecule has 0 aliphatic rings. The molecule has 0 unspecified atom stereocenters. The van der Waals surface area contributed by atoms with Crippen LogP contribution in [0, 0.1) is 5.82 Å². The molecule has 72 valence electrons. The van der Waals surface area contributed by atoms with Crippen LogP contribution in [0.3, 0.4) is 0 Å². The molecule has 0 spiro atoms. The first kappa shape index (κ1) is 9.99. The molecule has 0 heterocycles. The van der Waals surface area contributed by atoms with Gasteiger partial charge in [-0.2, -0.15) is 0 Å². The zero-order valence-electron chi connectivity index (χ0n) is 7.66. The summed E-state index contributed by atoms with van der Waals surface area (Å²) in [6, 6.07) is 5.97. The minimum Gasteiger partial charge on any atom is -0.492 e. The van der Waals surface area contributed by atoms with E-state index in [1.54, 1.807) is 12.1 Å². The van der Waals surface area contributed by atoms with Crippen LogP contribution in [-0.4, -0.2) is 12.6 Å². The largest absolute Gasteiger partial charge is 0.492 e. The van der Waals surface area contributed by atoms with Crippen LogP contribution in [0.15, 0.2) is 24.3 Å². The second-order valence-electron chi connectivity index (χ2n) is 2.93. The third-order valence-electron chi connectivity index (χ3n) is 1.80. The van der Waals surface area contributed by atoms with Crippen LogP contribution in [0.2, 0.25) is 0 Å². The zero-order chi connectivity index (χ0) is 9.68. The molecule has 0 aliphatic heterocycles. The van der Waals surface area contributed by atoms with E-state index in [2.05, 4.69) is 0 Å². The van der Waals surface area contributed by atoms with Crippen molar-refractivity contribution in [1.29, 1.82) is 0 Å². The summed E-state index contributed by atoms with van der Waals surface area (Å²) in [5, 5.41) is 0. The Morgan fingerprint density at radius 2 is 2.00 bits per heavy atom. The molecule has 3 heteroatoms. The van der Waals surface area contributed by atoms with Gasteiger partial charge >= 0.3 is 0 Å². The van der Waals surface area contributed by atoms with Crippen molar-refractivity contribution in [2.24, 2.45) is 5.73 Å². The molecule has 0 aromatic heterocycles. The molecule has 0 saturated heterocycles. The van der Waals surface area contributed by atoms with Gasteiger partial charge in [0, 0.05) is 6.04 Å². The number of hydrogen-bond donors (Lipinski definition) is 1. The van der Waals surface area contributed by atoms with Gasteiger partial charge in [0.2, 0.25) is 0 Å². The zero-order valence-corrected chi connectivity index (χ0v) is 7.66. The summed E-state index contributed by atoms with van der Waals surface area (Å²) in [7, 11) is 0. The molecule has 0 saturated carbocycles. The molecule has 0 fully saturated rings. The van der Waals surface area contributed by atoms with Gasteiger partial charge in [0.15, 0.2) is 0 Å². The molecule has 2 nitrogen and oxygen atoms in total. The summed E-state index contributed by atoms with van der Waals surface area (Å²) in [6.07, 6.45) is 0.876. The Labute approximate surface area is 77.5 Å². The van der Waals surface area contributed by atoms with Crippen molar-refractivity contribution in [3.05, 3.63) is 30.1 Å². The van der Waals surface area contributed by atoms with Crippen molar-refractivity contribution in [3.8, 4) is 5.75 Å². The quantitative estimate of drug-likeness (QED) is 0.774. The lowest BCUT2D eigenvalue weighted by molar-refractivity contribution is 0.285. The summed E-state index contributed by atoms with van der Waals surface area (Å²) in [4.78, 5) is 0. The lowest BCUT2D eigenvalue weighted by Gasteiger charge is -2.10. The Hall–Kier alpha value is -1.09. The maximum absolute atomic E-state index is 12.5. The molecule has 1 aromatic rings. The fourth-order valence-electron chi connectivity index (χ4n) is 0.852. The van der Waals surface area contributed by atoms with E-state index >= 15 is 0 Å². The average molecular weight is 183 g/mol. The monoisotopic (exact) mass is 183 g/mol.